The normalized spacial score (nSPS) is 10.4. The van der Waals surface area contributed by atoms with Crippen molar-refractivity contribution in [1.29, 1.82) is 0 Å². The lowest BCUT2D eigenvalue weighted by Crippen LogP contribution is -2.33. The summed E-state index contributed by atoms with van der Waals surface area (Å²) in [5.41, 5.74) is 0.956. The van der Waals surface area contributed by atoms with E-state index >= 15 is 0 Å². The average Bonchev–Trinajstić information content (AvgIpc) is 3.04. The quantitative estimate of drug-likeness (QED) is 0.0915. The maximum atomic E-state index is 11.3. The molecule has 0 aliphatic rings. The Balaban J connectivity index is 0. The van der Waals surface area contributed by atoms with E-state index in [2.05, 4.69) is 41.1 Å². The van der Waals surface area contributed by atoms with Gasteiger partial charge in [-0.15, -0.1) is 0 Å². The third-order valence-corrected chi connectivity index (χ3v) is 12.4. The summed E-state index contributed by atoms with van der Waals surface area (Å²) in [5.74, 6) is -1.26. The van der Waals surface area contributed by atoms with Gasteiger partial charge in [0.2, 0.25) is 0 Å². The first-order valence-electron chi connectivity index (χ1n) is 15.4. The molecule has 0 saturated heterocycles. The molecule has 0 unspecified atom stereocenters. The molecule has 0 fully saturated rings. The van der Waals surface area contributed by atoms with Crippen molar-refractivity contribution >= 4 is 55.4 Å². The first-order valence-corrected chi connectivity index (χ1v) is 20.4. The number of esters is 1. The summed E-state index contributed by atoms with van der Waals surface area (Å²) >= 11 is 0. The molecule has 0 radical (unpaired) electrons. The lowest BCUT2D eigenvalue weighted by molar-refractivity contribution is -0.140. The summed E-state index contributed by atoms with van der Waals surface area (Å²) in [6.07, 6.45) is 1.09. The first-order chi connectivity index (χ1) is 23.4. The molecule has 51 heavy (non-hydrogen) atoms. The van der Waals surface area contributed by atoms with E-state index in [1.54, 1.807) is 26.0 Å². The van der Waals surface area contributed by atoms with Crippen molar-refractivity contribution in [2.75, 3.05) is 25.1 Å². The molecule has 14 heteroatoms. The van der Waals surface area contributed by atoms with Gasteiger partial charge in [0.25, 0.3) is 26.2 Å². The van der Waals surface area contributed by atoms with E-state index in [0.717, 1.165) is 12.5 Å². The van der Waals surface area contributed by atoms with Crippen LogP contribution in [0.25, 0.3) is 0 Å². The van der Waals surface area contributed by atoms with Crippen LogP contribution in [-0.4, -0.2) is 73.2 Å². The number of carbonyl (C=O) groups is 2. The molecule has 0 aliphatic carbocycles. The van der Waals surface area contributed by atoms with Gasteiger partial charge >= 0.3 is 5.97 Å². The second-order valence-electron chi connectivity index (χ2n) is 10.2. The van der Waals surface area contributed by atoms with Gasteiger partial charge < -0.3 is 14.9 Å². The van der Waals surface area contributed by atoms with E-state index in [0.29, 0.717) is 19.2 Å². The molecular formula is C37H52O11PS2+. The van der Waals surface area contributed by atoms with Crippen molar-refractivity contribution < 1.29 is 50.5 Å². The summed E-state index contributed by atoms with van der Waals surface area (Å²) in [6, 6.07) is 36.9. The van der Waals surface area contributed by atoms with Crippen molar-refractivity contribution in [3.05, 3.63) is 121 Å². The van der Waals surface area contributed by atoms with Crippen LogP contribution in [0.4, 0.5) is 0 Å². The Morgan fingerprint density at radius 3 is 1.25 bits per heavy atom. The molecule has 282 valence electrons. The Morgan fingerprint density at radius 1 is 0.686 bits per heavy atom. The highest BCUT2D eigenvalue weighted by molar-refractivity contribution is 7.95. The fourth-order valence-corrected chi connectivity index (χ4v) is 9.83. The molecule has 0 amide bonds. The molecule has 0 aromatic heterocycles. The zero-order valence-corrected chi connectivity index (χ0v) is 31.4. The molecule has 4 N–H and O–H groups in total. The summed E-state index contributed by atoms with van der Waals surface area (Å²) in [5, 5.41) is 18.6. The second-order valence-corrected chi connectivity index (χ2v) is 16.8. The van der Waals surface area contributed by atoms with Crippen molar-refractivity contribution in [3.8, 4) is 0 Å². The minimum atomic E-state index is -4.02. The van der Waals surface area contributed by atoms with Gasteiger partial charge in [0, 0.05) is 20.5 Å². The molecule has 0 saturated carbocycles. The van der Waals surface area contributed by atoms with Crippen molar-refractivity contribution in [3.63, 3.8) is 0 Å². The number of hydrogen-bond acceptors (Lipinski definition) is 8. The third-order valence-electron chi connectivity index (χ3n) is 6.15. The molecule has 0 bridgehead atoms. The Kier molecular flexibility index (Phi) is 25.0. The number of ether oxygens (including phenoxy) is 1. The van der Waals surface area contributed by atoms with Gasteiger partial charge in [0.05, 0.1) is 23.4 Å². The number of aryl methyl sites for hydroxylation is 1. The number of carbonyl (C=O) groups excluding carboxylic acids is 1. The van der Waals surface area contributed by atoms with Gasteiger partial charge in [0.15, 0.2) is 0 Å². The number of carboxylic acids is 1. The summed E-state index contributed by atoms with van der Waals surface area (Å²) in [6.45, 7) is 8.51. The number of aliphatic hydroxyl groups excluding tert-OH is 1. The molecule has 0 spiro atoms. The lowest BCUT2D eigenvalue weighted by Gasteiger charge is -2.27. The highest BCUT2D eigenvalue weighted by Crippen LogP contribution is 2.55. The fourth-order valence-electron chi connectivity index (χ4n) is 4.28. The van der Waals surface area contributed by atoms with Crippen LogP contribution in [0.2, 0.25) is 0 Å². The second kappa shape index (κ2) is 25.9. The lowest BCUT2D eigenvalue weighted by atomic mass is 10.2. The van der Waals surface area contributed by atoms with Crippen LogP contribution in [0.3, 0.4) is 0 Å². The monoisotopic (exact) mass is 767 g/mol. The number of rotatable bonds is 9. The molecule has 0 heterocycles. The summed E-state index contributed by atoms with van der Waals surface area (Å²) in [4.78, 5) is 18.8. The van der Waals surface area contributed by atoms with Crippen molar-refractivity contribution in [1.82, 2.24) is 0 Å². The third kappa shape index (κ3) is 21.1. The van der Waals surface area contributed by atoms with Crippen molar-refractivity contribution in [2.24, 2.45) is 0 Å². The zero-order valence-electron chi connectivity index (χ0n) is 28.9. The van der Waals surface area contributed by atoms with Gasteiger partial charge in [0.1, 0.15) is 23.2 Å². The predicted octanol–water partition coefficient (Wildman–Crippen LogP) is 5.80. The number of benzene rings is 4. The standard InChI is InChI=1S/C21H21O3PS.C7H8O3S.C4H8O2.C2H4O2.C2H6O.CH4/c22-26(23,24)18-10-17-25(19-11-4-1-5-12-19,20-13-6-2-7-14-20)21-15-8-3-9-16-21;1-6-2-4-7(5-3-6)11(8,9)10;1-3-6-4(2)5;1-2(3)4;1-2-3;/h1-9,11-16H,10,17-18H2;2-5H,1H3,(H,8,9,10);3H2,1-2H3;1H3,(H,3,4);3H,2H2,1H3;1H4/p+1. The van der Waals surface area contributed by atoms with Gasteiger partial charge in [-0.25, -0.2) is 0 Å². The molecule has 4 aromatic carbocycles. The van der Waals surface area contributed by atoms with Crippen LogP contribution >= 0.6 is 7.26 Å². The maximum Gasteiger partial charge on any atom is 0.302 e. The van der Waals surface area contributed by atoms with Crippen LogP contribution in [0.5, 0.6) is 0 Å². The van der Waals surface area contributed by atoms with Crippen LogP contribution in [-0.2, 0) is 34.6 Å². The number of hydrogen-bond donors (Lipinski definition) is 4. The number of carboxylic acid groups (broad SMARTS) is 1. The van der Waals surface area contributed by atoms with E-state index in [-0.39, 0.29) is 30.7 Å². The van der Waals surface area contributed by atoms with Crippen LogP contribution in [0.1, 0.15) is 47.1 Å². The van der Waals surface area contributed by atoms with Gasteiger partial charge in [-0.1, -0.05) is 79.7 Å². The molecule has 0 atom stereocenters. The molecule has 11 nitrogen and oxygen atoms in total. The highest BCUT2D eigenvalue weighted by atomic mass is 32.2. The minimum Gasteiger partial charge on any atom is -0.481 e. The van der Waals surface area contributed by atoms with Crippen LogP contribution in [0.15, 0.2) is 120 Å². The largest absolute Gasteiger partial charge is 0.481 e. The maximum absolute atomic E-state index is 11.3. The van der Waals surface area contributed by atoms with Gasteiger partial charge in [-0.2, -0.15) is 16.8 Å². The van der Waals surface area contributed by atoms with E-state index in [1.807, 2.05) is 61.5 Å². The molecule has 0 aliphatic heterocycles. The highest BCUT2D eigenvalue weighted by Gasteiger charge is 2.44. The molecular weight excluding hydrogens is 716 g/mol. The topological polar surface area (TPSA) is 193 Å². The Labute approximate surface area is 304 Å². The Morgan fingerprint density at radius 2 is 1.02 bits per heavy atom. The minimum absolute atomic E-state index is 0. The SMILES string of the molecule is C.CC(=O)O.CCO.CCOC(C)=O.Cc1ccc(S(=O)(=O)O)cc1.O=S(=O)(O)CCC[P+](c1ccccc1)(c1ccccc1)c1ccccc1. The smallest absolute Gasteiger partial charge is 0.302 e. The number of aliphatic carboxylic acids is 1. The van der Waals surface area contributed by atoms with Gasteiger partial charge in [-0.05, 0) is 75.7 Å². The van der Waals surface area contributed by atoms with Crippen LogP contribution < -0.4 is 15.9 Å². The van der Waals surface area contributed by atoms with E-state index in [4.69, 9.17) is 19.6 Å². The van der Waals surface area contributed by atoms with Crippen molar-refractivity contribution in [2.45, 2.75) is 53.4 Å². The van der Waals surface area contributed by atoms with E-state index in [9.17, 15) is 26.2 Å². The van der Waals surface area contributed by atoms with E-state index in [1.165, 1.54) is 35.0 Å². The molecule has 4 aromatic rings. The Bertz CT molecular complexity index is 1630. The first kappa shape index (κ1) is 49.1. The molecule has 4 rings (SSSR count). The summed E-state index contributed by atoms with van der Waals surface area (Å²) in [7, 11) is -10.0. The predicted molar refractivity (Wildman–Crippen MR) is 207 cm³/mol. The van der Waals surface area contributed by atoms with E-state index < -0.39 is 33.5 Å². The zero-order chi connectivity index (χ0) is 38.2. The van der Waals surface area contributed by atoms with Crippen LogP contribution in [0, 0.1) is 6.92 Å². The average molecular weight is 768 g/mol. The Hall–Kier alpha value is -3.97. The fraction of sp³-hybridized carbons (Fsp3) is 0.297. The number of aliphatic hydroxyl groups is 1. The summed E-state index contributed by atoms with van der Waals surface area (Å²) < 4.78 is 65.8. The van der Waals surface area contributed by atoms with Gasteiger partial charge in [-0.3, -0.25) is 18.7 Å².